The van der Waals surface area contributed by atoms with Crippen molar-refractivity contribution in [3.05, 3.63) is 53.8 Å². The van der Waals surface area contributed by atoms with Crippen LogP contribution in [0.5, 0.6) is 0 Å². The Bertz CT molecular complexity index is 393. The van der Waals surface area contributed by atoms with Crippen LogP contribution < -0.4 is 0 Å². The molecule has 0 unspecified atom stereocenters. The van der Waals surface area contributed by atoms with Crippen LogP contribution in [0.15, 0.2) is 48.2 Å². The van der Waals surface area contributed by atoms with Crippen molar-refractivity contribution in [1.29, 1.82) is 0 Å². The van der Waals surface area contributed by atoms with E-state index in [1.54, 1.807) is 0 Å². The summed E-state index contributed by atoms with van der Waals surface area (Å²) in [4.78, 5) is 0. The molecule has 2 nitrogen and oxygen atoms in total. The zero-order valence-corrected chi connectivity index (χ0v) is 11.3. The zero-order valence-electron chi connectivity index (χ0n) is 11.3. The summed E-state index contributed by atoms with van der Waals surface area (Å²) in [6.45, 7) is 6.46. The summed E-state index contributed by atoms with van der Waals surface area (Å²) < 4.78 is 5.49. The van der Waals surface area contributed by atoms with Crippen molar-refractivity contribution in [2.75, 3.05) is 6.61 Å². The predicted octanol–water partition coefficient (Wildman–Crippen LogP) is 3.64. The van der Waals surface area contributed by atoms with Crippen molar-refractivity contribution in [2.24, 2.45) is 5.92 Å². The van der Waals surface area contributed by atoms with Crippen molar-refractivity contribution in [1.82, 2.24) is 0 Å². The van der Waals surface area contributed by atoms with E-state index in [0.717, 1.165) is 11.3 Å². The Morgan fingerprint density at radius 2 is 2.00 bits per heavy atom. The lowest BCUT2D eigenvalue weighted by Gasteiger charge is -2.19. The Morgan fingerprint density at radius 3 is 2.56 bits per heavy atom. The second kappa shape index (κ2) is 7.72. The third-order valence-electron chi connectivity index (χ3n) is 2.84. The standard InChI is InChI=1S/C16H22O2/c1-4-16(18-5-2)13(3)15(17)12-11-14-9-7-6-8-10-14/h4,6-13,15,17H,5H2,1-3H3/b12-11+,16-4-/t13-,15+/m0/s1. The van der Waals surface area contributed by atoms with Crippen LogP contribution in [0.2, 0.25) is 0 Å². The van der Waals surface area contributed by atoms with Crippen LogP contribution >= 0.6 is 0 Å². The molecular weight excluding hydrogens is 224 g/mol. The van der Waals surface area contributed by atoms with Crippen molar-refractivity contribution in [3.8, 4) is 0 Å². The molecule has 0 aliphatic rings. The summed E-state index contributed by atoms with van der Waals surface area (Å²) in [6.07, 6.45) is 5.11. The minimum Gasteiger partial charge on any atom is -0.498 e. The number of rotatable bonds is 6. The van der Waals surface area contributed by atoms with Crippen LogP contribution in [-0.4, -0.2) is 17.8 Å². The molecule has 98 valence electrons. The van der Waals surface area contributed by atoms with E-state index >= 15 is 0 Å². The second-order valence-corrected chi connectivity index (χ2v) is 4.17. The number of ether oxygens (including phenoxy) is 1. The molecule has 0 spiro atoms. The van der Waals surface area contributed by atoms with Crippen LogP contribution in [0.3, 0.4) is 0 Å². The fourth-order valence-corrected chi connectivity index (χ4v) is 1.75. The maximum absolute atomic E-state index is 10.1. The van der Waals surface area contributed by atoms with Gasteiger partial charge in [0.1, 0.15) is 0 Å². The Hall–Kier alpha value is -1.54. The van der Waals surface area contributed by atoms with Crippen LogP contribution in [0.1, 0.15) is 26.3 Å². The largest absolute Gasteiger partial charge is 0.498 e. The first kappa shape index (κ1) is 14.5. The SMILES string of the molecule is C/C=C(\OCC)[C@@H](C)[C@H](O)/C=C/c1ccccc1. The number of hydrogen-bond donors (Lipinski definition) is 1. The highest BCUT2D eigenvalue weighted by atomic mass is 16.5. The molecular formula is C16H22O2. The van der Waals surface area contributed by atoms with Crippen molar-refractivity contribution >= 4 is 6.08 Å². The number of aliphatic hydroxyl groups excluding tert-OH is 1. The zero-order chi connectivity index (χ0) is 13.4. The van der Waals surface area contributed by atoms with Crippen LogP contribution in [0, 0.1) is 5.92 Å². The van der Waals surface area contributed by atoms with Gasteiger partial charge in [0.2, 0.25) is 0 Å². The first-order chi connectivity index (χ1) is 8.69. The molecule has 0 fully saturated rings. The van der Waals surface area contributed by atoms with E-state index in [2.05, 4.69) is 0 Å². The summed E-state index contributed by atoms with van der Waals surface area (Å²) in [7, 11) is 0. The molecule has 1 N–H and O–H groups in total. The quantitative estimate of drug-likeness (QED) is 0.777. The Kier molecular flexibility index (Phi) is 6.23. The smallest absolute Gasteiger partial charge is 0.0974 e. The summed E-state index contributed by atoms with van der Waals surface area (Å²) in [5.41, 5.74) is 1.09. The molecule has 2 atom stereocenters. The van der Waals surface area contributed by atoms with Gasteiger partial charge in [-0.25, -0.2) is 0 Å². The van der Waals surface area contributed by atoms with Gasteiger partial charge in [0, 0.05) is 5.92 Å². The Balaban J connectivity index is 2.64. The Labute approximate surface area is 110 Å². The molecule has 1 rings (SSSR count). The second-order valence-electron chi connectivity index (χ2n) is 4.17. The molecule has 0 radical (unpaired) electrons. The molecule has 0 saturated carbocycles. The molecule has 0 aliphatic heterocycles. The lowest BCUT2D eigenvalue weighted by molar-refractivity contribution is 0.118. The number of aliphatic hydroxyl groups is 1. The van der Waals surface area contributed by atoms with Crippen LogP contribution in [-0.2, 0) is 4.74 Å². The van der Waals surface area contributed by atoms with Gasteiger partial charge < -0.3 is 9.84 Å². The first-order valence-corrected chi connectivity index (χ1v) is 6.39. The molecule has 0 aliphatic carbocycles. The lowest BCUT2D eigenvalue weighted by Crippen LogP contribution is -2.18. The molecule has 2 heteroatoms. The van der Waals surface area contributed by atoms with E-state index in [4.69, 9.17) is 4.74 Å². The normalized spacial score (nSPS) is 15.7. The van der Waals surface area contributed by atoms with Gasteiger partial charge >= 0.3 is 0 Å². The molecule has 0 saturated heterocycles. The van der Waals surface area contributed by atoms with Crippen LogP contribution in [0.25, 0.3) is 6.08 Å². The van der Waals surface area contributed by atoms with E-state index < -0.39 is 6.10 Å². The molecule has 18 heavy (non-hydrogen) atoms. The van der Waals surface area contributed by atoms with Gasteiger partial charge in [-0.05, 0) is 25.5 Å². The van der Waals surface area contributed by atoms with Crippen LogP contribution in [0.4, 0.5) is 0 Å². The van der Waals surface area contributed by atoms with Gasteiger partial charge in [-0.15, -0.1) is 0 Å². The topological polar surface area (TPSA) is 29.5 Å². The fourth-order valence-electron chi connectivity index (χ4n) is 1.75. The van der Waals surface area contributed by atoms with E-state index in [-0.39, 0.29) is 5.92 Å². The van der Waals surface area contributed by atoms with Gasteiger partial charge in [0.05, 0.1) is 18.5 Å². The van der Waals surface area contributed by atoms with Gasteiger partial charge in [-0.2, -0.15) is 0 Å². The van der Waals surface area contributed by atoms with Crippen molar-refractivity contribution in [2.45, 2.75) is 26.9 Å². The summed E-state index contributed by atoms with van der Waals surface area (Å²) in [5, 5.41) is 10.1. The minimum atomic E-state index is -0.539. The maximum atomic E-state index is 10.1. The molecule has 0 aromatic heterocycles. The molecule has 0 bridgehead atoms. The van der Waals surface area contributed by atoms with Gasteiger partial charge in [0.25, 0.3) is 0 Å². The van der Waals surface area contributed by atoms with E-state index in [1.807, 2.05) is 69.3 Å². The average molecular weight is 246 g/mol. The van der Waals surface area contributed by atoms with Gasteiger partial charge in [0.15, 0.2) is 0 Å². The summed E-state index contributed by atoms with van der Waals surface area (Å²) in [6, 6.07) is 9.95. The highest BCUT2D eigenvalue weighted by molar-refractivity contribution is 5.49. The highest BCUT2D eigenvalue weighted by Gasteiger charge is 2.16. The van der Waals surface area contributed by atoms with Gasteiger partial charge in [-0.3, -0.25) is 0 Å². The monoisotopic (exact) mass is 246 g/mol. The van der Waals surface area contributed by atoms with Gasteiger partial charge in [-0.1, -0.05) is 49.4 Å². The van der Waals surface area contributed by atoms with E-state index in [0.29, 0.717) is 6.61 Å². The Morgan fingerprint density at radius 1 is 1.33 bits per heavy atom. The van der Waals surface area contributed by atoms with E-state index in [9.17, 15) is 5.11 Å². The molecule has 1 aromatic rings. The molecule has 0 heterocycles. The van der Waals surface area contributed by atoms with E-state index in [1.165, 1.54) is 0 Å². The average Bonchev–Trinajstić information content (AvgIpc) is 2.42. The molecule has 1 aromatic carbocycles. The molecule has 0 amide bonds. The summed E-state index contributed by atoms with van der Waals surface area (Å²) >= 11 is 0. The maximum Gasteiger partial charge on any atom is 0.0974 e. The third-order valence-corrected chi connectivity index (χ3v) is 2.84. The number of allylic oxidation sites excluding steroid dienone is 1. The summed E-state index contributed by atoms with van der Waals surface area (Å²) in [5.74, 6) is 0.803. The van der Waals surface area contributed by atoms with Crippen molar-refractivity contribution < 1.29 is 9.84 Å². The predicted molar refractivity (Wildman–Crippen MR) is 76.0 cm³/mol. The first-order valence-electron chi connectivity index (χ1n) is 6.39. The minimum absolute atomic E-state index is 0.0325. The highest BCUT2D eigenvalue weighted by Crippen LogP contribution is 2.18. The number of benzene rings is 1. The lowest BCUT2D eigenvalue weighted by atomic mass is 10.0. The third kappa shape index (κ3) is 4.38. The fraction of sp³-hybridized carbons (Fsp3) is 0.375. The van der Waals surface area contributed by atoms with Crippen molar-refractivity contribution in [3.63, 3.8) is 0 Å². The number of hydrogen-bond acceptors (Lipinski definition) is 2.